The van der Waals surface area contributed by atoms with Crippen LogP contribution in [0.5, 0.6) is 0 Å². The van der Waals surface area contributed by atoms with Crippen LogP contribution in [-0.2, 0) is 23.1 Å². The first kappa shape index (κ1) is 24.2. The Morgan fingerprint density at radius 1 is 1.09 bits per heavy atom. The molecule has 7 heteroatoms. The lowest BCUT2D eigenvalue weighted by atomic mass is 9.94. The highest BCUT2D eigenvalue weighted by molar-refractivity contribution is 7.89. The van der Waals surface area contributed by atoms with Gasteiger partial charge in [0, 0.05) is 31.2 Å². The zero-order valence-corrected chi connectivity index (χ0v) is 19.5. The second kappa shape index (κ2) is 11.4. The zero-order valence-electron chi connectivity index (χ0n) is 18.7. The van der Waals surface area contributed by atoms with Crippen LogP contribution in [0.15, 0.2) is 66.1 Å². The van der Waals surface area contributed by atoms with E-state index >= 15 is 0 Å². The van der Waals surface area contributed by atoms with E-state index in [0.29, 0.717) is 18.2 Å². The molecule has 1 aliphatic rings. The highest BCUT2D eigenvalue weighted by Gasteiger charge is 2.19. The first-order valence-corrected chi connectivity index (χ1v) is 12.6. The molecule has 0 aliphatic heterocycles. The van der Waals surface area contributed by atoms with Crippen LogP contribution in [0.2, 0.25) is 0 Å². The first-order valence-electron chi connectivity index (χ1n) is 11.2. The number of nitrogens with zero attached hydrogens (tertiary/aromatic N) is 1. The van der Waals surface area contributed by atoms with Crippen molar-refractivity contribution in [2.45, 2.75) is 56.1 Å². The van der Waals surface area contributed by atoms with Gasteiger partial charge in [0.25, 0.3) is 5.91 Å². The topological polar surface area (TPSA) is 78.5 Å². The Morgan fingerprint density at radius 3 is 2.53 bits per heavy atom. The van der Waals surface area contributed by atoms with Gasteiger partial charge in [-0.1, -0.05) is 55.7 Å². The standard InChI is InChI=1S/C25H33N3O3S/c1-3-16-27-32(30,31)24-15-9-12-20(17-24)25(29)26-18-21-10-7-8-11-22(21)19-28(2)23-13-5-4-6-14-23/h3,7-12,15,17,23,27H,1,4-6,13-14,16,18-19H2,2H3,(H,26,29). The number of hydrogen-bond donors (Lipinski definition) is 2. The van der Waals surface area contributed by atoms with Crippen LogP contribution in [0, 0.1) is 0 Å². The minimum atomic E-state index is -3.68. The molecule has 0 heterocycles. The fourth-order valence-corrected chi connectivity index (χ4v) is 5.18. The molecule has 0 aromatic heterocycles. The van der Waals surface area contributed by atoms with Crippen molar-refractivity contribution in [3.63, 3.8) is 0 Å². The SMILES string of the molecule is C=CCNS(=O)(=O)c1cccc(C(=O)NCc2ccccc2CN(C)C2CCCCC2)c1. The number of carbonyl (C=O) groups excluding carboxylic acids is 1. The van der Waals surface area contributed by atoms with Crippen molar-refractivity contribution in [2.24, 2.45) is 0 Å². The number of rotatable bonds is 10. The highest BCUT2D eigenvalue weighted by atomic mass is 32.2. The molecular formula is C25H33N3O3S. The van der Waals surface area contributed by atoms with Gasteiger partial charge in [-0.3, -0.25) is 9.69 Å². The van der Waals surface area contributed by atoms with Gasteiger partial charge in [-0.25, -0.2) is 13.1 Å². The first-order chi connectivity index (χ1) is 15.4. The summed E-state index contributed by atoms with van der Waals surface area (Å²) in [6.07, 6.45) is 7.89. The van der Waals surface area contributed by atoms with Gasteiger partial charge < -0.3 is 5.32 Å². The van der Waals surface area contributed by atoms with Crippen molar-refractivity contribution >= 4 is 15.9 Å². The number of benzene rings is 2. The molecule has 32 heavy (non-hydrogen) atoms. The van der Waals surface area contributed by atoms with E-state index in [4.69, 9.17) is 0 Å². The maximum absolute atomic E-state index is 12.7. The Kier molecular flexibility index (Phi) is 8.61. The summed E-state index contributed by atoms with van der Waals surface area (Å²) in [6, 6.07) is 14.8. The Labute approximate surface area is 191 Å². The van der Waals surface area contributed by atoms with Crippen LogP contribution in [0.4, 0.5) is 0 Å². The molecule has 2 N–H and O–H groups in total. The zero-order chi connectivity index (χ0) is 23.0. The molecule has 0 bridgehead atoms. The van der Waals surface area contributed by atoms with Gasteiger partial charge in [-0.15, -0.1) is 6.58 Å². The highest BCUT2D eigenvalue weighted by Crippen LogP contribution is 2.23. The maximum atomic E-state index is 12.7. The summed E-state index contributed by atoms with van der Waals surface area (Å²) in [7, 11) is -1.51. The summed E-state index contributed by atoms with van der Waals surface area (Å²) in [5.74, 6) is -0.304. The van der Waals surface area contributed by atoms with E-state index in [-0.39, 0.29) is 17.3 Å². The number of sulfonamides is 1. The van der Waals surface area contributed by atoms with E-state index < -0.39 is 10.0 Å². The molecule has 172 valence electrons. The molecular weight excluding hydrogens is 422 g/mol. The average molecular weight is 456 g/mol. The molecule has 1 fully saturated rings. The second-order valence-corrected chi connectivity index (χ2v) is 10.1. The van der Waals surface area contributed by atoms with Gasteiger partial charge >= 0.3 is 0 Å². The molecule has 0 radical (unpaired) electrons. The lowest BCUT2D eigenvalue weighted by Gasteiger charge is -2.31. The van der Waals surface area contributed by atoms with Crippen LogP contribution in [0.3, 0.4) is 0 Å². The molecule has 0 spiro atoms. The Hall–Kier alpha value is -2.48. The normalized spacial score (nSPS) is 14.9. The Morgan fingerprint density at radius 2 is 1.81 bits per heavy atom. The molecule has 6 nitrogen and oxygen atoms in total. The third-order valence-electron chi connectivity index (χ3n) is 6.00. The summed E-state index contributed by atoms with van der Waals surface area (Å²) in [5, 5.41) is 2.94. The largest absolute Gasteiger partial charge is 0.348 e. The van der Waals surface area contributed by atoms with Crippen molar-refractivity contribution in [3.05, 3.63) is 77.9 Å². The van der Waals surface area contributed by atoms with Gasteiger partial charge in [0.2, 0.25) is 10.0 Å². The second-order valence-electron chi connectivity index (χ2n) is 8.33. The number of carbonyl (C=O) groups is 1. The lowest BCUT2D eigenvalue weighted by Crippen LogP contribution is -2.33. The third kappa shape index (κ3) is 6.51. The van der Waals surface area contributed by atoms with E-state index in [0.717, 1.165) is 12.1 Å². The van der Waals surface area contributed by atoms with Gasteiger partial charge in [0.15, 0.2) is 0 Å². The minimum absolute atomic E-state index is 0.0570. The quantitative estimate of drug-likeness (QED) is 0.534. The smallest absolute Gasteiger partial charge is 0.251 e. The molecule has 1 saturated carbocycles. The van der Waals surface area contributed by atoms with E-state index in [1.54, 1.807) is 12.1 Å². The van der Waals surface area contributed by atoms with Crippen molar-refractivity contribution in [2.75, 3.05) is 13.6 Å². The molecule has 1 amide bonds. The molecule has 1 aliphatic carbocycles. The van der Waals surface area contributed by atoms with Crippen molar-refractivity contribution < 1.29 is 13.2 Å². The molecule has 0 saturated heterocycles. The summed E-state index contributed by atoms with van der Waals surface area (Å²) in [6.45, 7) is 4.88. The Balaban J connectivity index is 1.65. The van der Waals surface area contributed by atoms with Gasteiger partial charge in [0.05, 0.1) is 4.90 Å². The van der Waals surface area contributed by atoms with Gasteiger partial charge in [-0.05, 0) is 49.2 Å². The van der Waals surface area contributed by atoms with Gasteiger partial charge in [0.1, 0.15) is 0 Å². The number of nitrogens with one attached hydrogen (secondary N) is 2. The third-order valence-corrected chi connectivity index (χ3v) is 7.42. The maximum Gasteiger partial charge on any atom is 0.251 e. The van der Waals surface area contributed by atoms with Crippen molar-refractivity contribution in [3.8, 4) is 0 Å². The van der Waals surface area contributed by atoms with Crippen molar-refractivity contribution in [1.29, 1.82) is 0 Å². The Bertz CT molecular complexity index is 1030. The average Bonchev–Trinajstić information content (AvgIpc) is 2.82. The molecule has 0 unspecified atom stereocenters. The van der Waals surface area contributed by atoms with Crippen LogP contribution in [0.1, 0.15) is 53.6 Å². The monoisotopic (exact) mass is 455 g/mol. The molecule has 2 aromatic carbocycles. The summed E-state index contributed by atoms with van der Waals surface area (Å²) in [5.41, 5.74) is 2.58. The molecule has 2 aromatic rings. The summed E-state index contributed by atoms with van der Waals surface area (Å²) < 4.78 is 27.1. The minimum Gasteiger partial charge on any atom is -0.348 e. The van der Waals surface area contributed by atoms with E-state index in [1.165, 1.54) is 55.9 Å². The molecule has 0 atom stereocenters. The predicted molar refractivity (Wildman–Crippen MR) is 128 cm³/mol. The lowest BCUT2D eigenvalue weighted by molar-refractivity contribution is 0.0950. The summed E-state index contributed by atoms with van der Waals surface area (Å²) >= 11 is 0. The van der Waals surface area contributed by atoms with Crippen LogP contribution in [0.25, 0.3) is 0 Å². The fraction of sp³-hybridized carbons (Fsp3) is 0.400. The molecule has 3 rings (SSSR count). The van der Waals surface area contributed by atoms with E-state index in [2.05, 4.69) is 34.6 Å². The van der Waals surface area contributed by atoms with E-state index in [1.807, 2.05) is 18.2 Å². The van der Waals surface area contributed by atoms with Gasteiger partial charge in [-0.2, -0.15) is 0 Å². The van der Waals surface area contributed by atoms with Crippen molar-refractivity contribution in [1.82, 2.24) is 14.9 Å². The summed E-state index contributed by atoms with van der Waals surface area (Å²) in [4.78, 5) is 15.2. The fourth-order valence-electron chi connectivity index (χ4n) is 4.14. The number of hydrogen-bond acceptors (Lipinski definition) is 4. The van der Waals surface area contributed by atoms with Crippen LogP contribution < -0.4 is 10.0 Å². The van der Waals surface area contributed by atoms with E-state index in [9.17, 15) is 13.2 Å². The predicted octanol–water partition coefficient (Wildman–Crippen LogP) is 3.85. The van der Waals surface area contributed by atoms with Crippen LogP contribution >= 0.6 is 0 Å². The number of amides is 1. The van der Waals surface area contributed by atoms with Crippen LogP contribution in [-0.4, -0.2) is 38.9 Å².